The zero-order valence-electron chi connectivity index (χ0n) is 19.7. The highest BCUT2D eigenvalue weighted by Gasteiger charge is 2.18. The van der Waals surface area contributed by atoms with Crippen molar-refractivity contribution in [1.29, 1.82) is 0 Å². The summed E-state index contributed by atoms with van der Waals surface area (Å²) >= 11 is 4.60. The van der Waals surface area contributed by atoms with Crippen molar-refractivity contribution in [2.24, 2.45) is 4.99 Å². The van der Waals surface area contributed by atoms with Crippen LogP contribution < -0.4 is 0 Å². The summed E-state index contributed by atoms with van der Waals surface area (Å²) in [7, 11) is 0. The topological polar surface area (TPSA) is 181 Å². The van der Waals surface area contributed by atoms with Gasteiger partial charge in [0.1, 0.15) is 0 Å². The van der Waals surface area contributed by atoms with Crippen LogP contribution in [0, 0.1) is 0 Å². The maximum absolute atomic E-state index is 11.2. The SMILES string of the molecule is O=C(O)CN(CC(=O)O)Cc1cc(CCc2ccc(N=C=S)cc2)cc(CN(CC(=O)O)CC(=O)O)n1. The molecule has 1 aromatic carbocycles. The number of hydrogen-bond donors (Lipinski definition) is 4. The molecule has 1 heterocycles. The van der Waals surface area contributed by atoms with Crippen molar-refractivity contribution in [2.45, 2.75) is 25.9 Å². The van der Waals surface area contributed by atoms with E-state index in [0.717, 1.165) is 11.1 Å². The molecule has 0 bridgehead atoms. The van der Waals surface area contributed by atoms with Gasteiger partial charge in [-0.25, -0.2) is 0 Å². The summed E-state index contributed by atoms with van der Waals surface area (Å²) in [5, 5.41) is 38.9. The van der Waals surface area contributed by atoms with Crippen LogP contribution in [0.5, 0.6) is 0 Å². The molecule has 0 aliphatic rings. The average molecular weight is 531 g/mol. The predicted octanol–water partition coefficient (Wildman–Crippen LogP) is 1.54. The molecular formula is C24H26N4O8S. The third kappa shape index (κ3) is 11.5. The van der Waals surface area contributed by atoms with Gasteiger partial charge in [0.15, 0.2) is 0 Å². The molecule has 0 radical (unpaired) electrons. The lowest BCUT2D eigenvalue weighted by molar-refractivity contribution is -0.144. The lowest BCUT2D eigenvalue weighted by atomic mass is 10.0. The van der Waals surface area contributed by atoms with E-state index in [2.05, 4.69) is 27.4 Å². The second-order valence-electron chi connectivity index (χ2n) is 8.19. The second-order valence-corrected chi connectivity index (χ2v) is 8.38. The summed E-state index contributed by atoms with van der Waals surface area (Å²) in [6.07, 6.45) is 1.15. The molecule has 13 heteroatoms. The molecule has 196 valence electrons. The van der Waals surface area contributed by atoms with Crippen molar-refractivity contribution >= 4 is 46.9 Å². The Hall–Kier alpha value is -4.03. The molecular weight excluding hydrogens is 504 g/mol. The Morgan fingerprint density at radius 1 is 0.730 bits per heavy atom. The van der Waals surface area contributed by atoms with E-state index in [1.807, 2.05) is 12.1 Å². The Kier molecular flexibility index (Phi) is 11.5. The first-order valence-electron chi connectivity index (χ1n) is 11.0. The van der Waals surface area contributed by atoms with Crippen LogP contribution in [-0.2, 0) is 45.1 Å². The Labute approximate surface area is 217 Å². The van der Waals surface area contributed by atoms with Crippen molar-refractivity contribution in [2.75, 3.05) is 26.2 Å². The molecule has 2 rings (SSSR count). The molecule has 0 amide bonds. The number of benzene rings is 1. The Morgan fingerprint density at radius 3 is 1.51 bits per heavy atom. The second kappa shape index (κ2) is 14.5. The smallest absolute Gasteiger partial charge is 0.317 e. The molecule has 0 fully saturated rings. The number of aliphatic carboxylic acids is 4. The average Bonchev–Trinajstić information content (AvgIpc) is 2.77. The first-order valence-corrected chi connectivity index (χ1v) is 11.4. The van der Waals surface area contributed by atoms with Gasteiger partial charge in [0.05, 0.1) is 48.4 Å². The molecule has 0 spiro atoms. The lowest BCUT2D eigenvalue weighted by Crippen LogP contribution is -2.35. The summed E-state index contributed by atoms with van der Waals surface area (Å²) < 4.78 is 0. The summed E-state index contributed by atoms with van der Waals surface area (Å²) in [6.45, 7) is -2.24. The minimum Gasteiger partial charge on any atom is -0.480 e. The summed E-state index contributed by atoms with van der Waals surface area (Å²) in [4.78, 5) is 55.5. The van der Waals surface area contributed by atoms with Gasteiger partial charge in [-0.05, 0) is 60.5 Å². The molecule has 0 atom stereocenters. The number of carboxylic acid groups (broad SMARTS) is 4. The van der Waals surface area contributed by atoms with Crippen molar-refractivity contribution < 1.29 is 39.6 Å². The number of nitrogens with zero attached hydrogens (tertiary/aromatic N) is 4. The van der Waals surface area contributed by atoms with Crippen LogP contribution in [0.3, 0.4) is 0 Å². The first-order chi connectivity index (χ1) is 17.5. The number of carboxylic acids is 4. The number of hydrogen-bond acceptors (Lipinski definition) is 9. The third-order valence-electron chi connectivity index (χ3n) is 5.01. The van der Waals surface area contributed by atoms with Gasteiger partial charge in [0.25, 0.3) is 0 Å². The molecule has 12 nitrogen and oxygen atoms in total. The van der Waals surface area contributed by atoms with Crippen LogP contribution in [0.4, 0.5) is 5.69 Å². The van der Waals surface area contributed by atoms with Crippen molar-refractivity contribution in [3.8, 4) is 0 Å². The lowest BCUT2D eigenvalue weighted by Gasteiger charge is -2.21. The number of aromatic nitrogens is 1. The van der Waals surface area contributed by atoms with Gasteiger partial charge >= 0.3 is 23.9 Å². The van der Waals surface area contributed by atoms with E-state index in [-0.39, 0.29) is 13.1 Å². The highest BCUT2D eigenvalue weighted by molar-refractivity contribution is 7.78. The van der Waals surface area contributed by atoms with Gasteiger partial charge in [-0.1, -0.05) is 12.1 Å². The summed E-state index contributed by atoms with van der Waals surface area (Å²) in [6, 6.07) is 10.8. The van der Waals surface area contributed by atoms with Crippen molar-refractivity contribution in [3.05, 3.63) is 58.9 Å². The van der Waals surface area contributed by atoms with Gasteiger partial charge in [-0.3, -0.25) is 34.0 Å². The molecule has 0 aliphatic carbocycles. The molecule has 1 aromatic heterocycles. The maximum Gasteiger partial charge on any atom is 0.317 e. The van der Waals surface area contributed by atoms with E-state index >= 15 is 0 Å². The molecule has 0 saturated carbocycles. The van der Waals surface area contributed by atoms with E-state index in [1.165, 1.54) is 9.80 Å². The highest BCUT2D eigenvalue weighted by atomic mass is 32.1. The summed E-state index contributed by atoms with van der Waals surface area (Å²) in [5.41, 5.74) is 3.22. The van der Waals surface area contributed by atoms with Gasteiger partial charge in [0.2, 0.25) is 0 Å². The number of aliphatic imine (C=N–C) groups is 1. The number of aryl methyl sites for hydroxylation is 2. The minimum atomic E-state index is -1.20. The molecule has 2 aromatic rings. The van der Waals surface area contributed by atoms with Crippen LogP contribution >= 0.6 is 12.2 Å². The number of carbonyl (C=O) groups is 4. The van der Waals surface area contributed by atoms with Crippen LogP contribution in [0.15, 0.2) is 41.4 Å². The fraction of sp³-hybridized carbons (Fsp3) is 0.333. The largest absolute Gasteiger partial charge is 0.480 e. The fourth-order valence-corrected chi connectivity index (χ4v) is 3.77. The van der Waals surface area contributed by atoms with Crippen molar-refractivity contribution in [3.63, 3.8) is 0 Å². The van der Waals surface area contributed by atoms with E-state index in [4.69, 9.17) is 20.4 Å². The molecule has 0 unspecified atom stereocenters. The van der Waals surface area contributed by atoms with Crippen LogP contribution in [-0.4, -0.2) is 90.4 Å². The Bertz CT molecular complexity index is 1090. The fourth-order valence-electron chi connectivity index (χ4n) is 3.66. The summed E-state index contributed by atoms with van der Waals surface area (Å²) in [5.74, 6) is -4.80. The van der Waals surface area contributed by atoms with E-state index in [1.54, 1.807) is 24.3 Å². The van der Waals surface area contributed by atoms with Crippen molar-refractivity contribution in [1.82, 2.24) is 14.8 Å². The number of pyridine rings is 1. The molecule has 37 heavy (non-hydrogen) atoms. The minimum absolute atomic E-state index is 0.0818. The first kappa shape index (κ1) is 29.2. The zero-order chi connectivity index (χ0) is 27.4. The van der Waals surface area contributed by atoms with Crippen LogP contribution in [0.1, 0.15) is 22.5 Å². The molecule has 0 saturated heterocycles. The number of isothiocyanates is 1. The zero-order valence-corrected chi connectivity index (χ0v) is 20.6. The van der Waals surface area contributed by atoms with E-state index in [0.29, 0.717) is 29.9 Å². The standard InChI is InChI=1S/C24H26N4O8S/c29-21(30)11-27(12-22(31)32)9-19-7-17(2-1-16-3-5-18(6-4-16)25-15-37)8-20(26-19)10-28(13-23(33)34)14-24(35)36/h3-8H,1-2,9-14H2,(H,29,30)(H,31,32)(H,33,34)(H,35,36). The van der Waals surface area contributed by atoms with E-state index in [9.17, 15) is 19.2 Å². The Balaban J connectivity index is 2.33. The third-order valence-corrected chi connectivity index (χ3v) is 5.10. The Morgan fingerprint density at radius 2 is 1.14 bits per heavy atom. The van der Waals surface area contributed by atoms with Crippen LogP contribution in [0.25, 0.3) is 0 Å². The molecule has 4 N–H and O–H groups in total. The van der Waals surface area contributed by atoms with Gasteiger partial charge in [-0.15, -0.1) is 0 Å². The van der Waals surface area contributed by atoms with Gasteiger partial charge < -0.3 is 20.4 Å². The highest BCUT2D eigenvalue weighted by Crippen LogP contribution is 2.17. The molecule has 0 aliphatic heterocycles. The predicted molar refractivity (Wildman–Crippen MR) is 134 cm³/mol. The normalized spacial score (nSPS) is 10.8. The quantitative estimate of drug-likeness (QED) is 0.182. The van der Waals surface area contributed by atoms with Gasteiger partial charge in [0, 0.05) is 13.1 Å². The maximum atomic E-state index is 11.2. The van der Waals surface area contributed by atoms with E-state index < -0.39 is 50.1 Å². The monoisotopic (exact) mass is 530 g/mol. The van der Waals surface area contributed by atoms with Gasteiger partial charge in [-0.2, -0.15) is 4.99 Å². The number of rotatable bonds is 16. The van der Waals surface area contributed by atoms with Crippen LogP contribution in [0.2, 0.25) is 0 Å². The number of thiocarbonyl (C=S) groups is 1.